The highest BCUT2D eigenvalue weighted by atomic mass is 32.2. The Morgan fingerprint density at radius 1 is 0.667 bits per heavy atom. The average molecular weight is 370 g/mol. The Labute approximate surface area is 137 Å². The molecule has 0 amide bonds. The van der Waals surface area contributed by atoms with Gasteiger partial charge in [0.2, 0.25) is 0 Å². The van der Waals surface area contributed by atoms with Crippen LogP contribution in [0.4, 0.5) is 0 Å². The molecule has 0 saturated heterocycles. The maximum Gasteiger partial charge on any atom is 0.295 e. The highest BCUT2D eigenvalue weighted by molar-refractivity contribution is 7.86. The Morgan fingerprint density at radius 2 is 1.00 bits per heavy atom. The molecule has 0 atom stereocenters. The van der Waals surface area contributed by atoms with E-state index in [1.54, 1.807) is 0 Å². The molecule has 2 N–H and O–H groups in total. The predicted molar refractivity (Wildman–Crippen MR) is 82.3 cm³/mol. The van der Waals surface area contributed by atoms with Crippen molar-refractivity contribution in [3.63, 3.8) is 0 Å². The number of carbonyl (C=O) groups is 2. The number of rotatable bonds is 5. The molecule has 0 bridgehead atoms. The zero-order valence-corrected chi connectivity index (χ0v) is 13.4. The van der Waals surface area contributed by atoms with Crippen molar-refractivity contribution in [3.05, 3.63) is 47.5 Å². The molecule has 2 aromatic rings. The molecule has 0 aromatic heterocycles. The molecule has 0 radical (unpaired) electrons. The lowest BCUT2D eigenvalue weighted by Crippen LogP contribution is -2.06. The van der Waals surface area contributed by atoms with Crippen LogP contribution in [0.5, 0.6) is 0 Å². The second-order valence-corrected chi connectivity index (χ2v) is 7.48. The summed E-state index contributed by atoms with van der Waals surface area (Å²) in [5.74, 6) is 0. The Balaban J connectivity index is 2.92. The summed E-state index contributed by atoms with van der Waals surface area (Å²) in [4.78, 5) is 20.2. The Bertz CT molecular complexity index is 951. The summed E-state index contributed by atoms with van der Waals surface area (Å²) >= 11 is 0. The van der Waals surface area contributed by atoms with Gasteiger partial charge in [-0.3, -0.25) is 18.7 Å². The van der Waals surface area contributed by atoms with Gasteiger partial charge in [-0.1, -0.05) is 24.3 Å². The lowest BCUT2D eigenvalue weighted by molar-refractivity contribution is 0.111. The van der Waals surface area contributed by atoms with E-state index >= 15 is 0 Å². The first-order valence-corrected chi connectivity index (χ1v) is 9.10. The third kappa shape index (κ3) is 3.57. The highest BCUT2D eigenvalue weighted by Gasteiger charge is 2.23. The molecule has 8 nitrogen and oxygen atoms in total. The summed E-state index contributed by atoms with van der Waals surface area (Å²) in [5, 5.41) is 0. The molecular weight excluding hydrogens is 360 g/mol. The summed E-state index contributed by atoms with van der Waals surface area (Å²) < 4.78 is 64.9. The lowest BCUT2D eigenvalue weighted by Gasteiger charge is -2.12. The van der Waals surface area contributed by atoms with Crippen LogP contribution in [0, 0.1) is 0 Å². The molecule has 0 aliphatic rings. The van der Waals surface area contributed by atoms with Crippen molar-refractivity contribution in [1.29, 1.82) is 0 Å². The minimum absolute atomic E-state index is 0.0655. The van der Waals surface area contributed by atoms with Crippen molar-refractivity contribution in [3.8, 4) is 11.1 Å². The molecule has 0 aliphatic carbocycles. The molecule has 0 heterocycles. The maximum absolute atomic E-state index is 11.6. The molecule has 0 saturated carbocycles. The SMILES string of the molecule is O=Cc1ccc(-c2ccc(C=O)cc2S(=O)(=O)O)c(S(=O)(=O)O)c1. The van der Waals surface area contributed by atoms with Crippen molar-refractivity contribution < 1.29 is 35.5 Å². The second kappa shape index (κ2) is 6.24. The number of hydrogen-bond donors (Lipinski definition) is 2. The Kier molecular flexibility index (Phi) is 4.67. The van der Waals surface area contributed by atoms with Crippen LogP contribution in [-0.4, -0.2) is 38.5 Å². The molecule has 0 unspecified atom stereocenters. The van der Waals surface area contributed by atoms with Crippen molar-refractivity contribution in [1.82, 2.24) is 0 Å². The van der Waals surface area contributed by atoms with E-state index in [-0.39, 0.29) is 22.3 Å². The van der Waals surface area contributed by atoms with Crippen molar-refractivity contribution in [2.45, 2.75) is 9.79 Å². The van der Waals surface area contributed by atoms with Gasteiger partial charge >= 0.3 is 0 Å². The Morgan fingerprint density at radius 3 is 1.25 bits per heavy atom. The summed E-state index contributed by atoms with van der Waals surface area (Å²) in [5.41, 5.74) is -0.644. The van der Waals surface area contributed by atoms with Crippen LogP contribution in [0.2, 0.25) is 0 Å². The topological polar surface area (TPSA) is 143 Å². The molecule has 0 aliphatic heterocycles. The van der Waals surface area contributed by atoms with Gasteiger partial charge in [-0.05, 0) is 12.1 Å². The molecule has 0 fully saturated rings. The third-order valence-electron chi connectivity index (χ3n) is 3.13. The molecular formula is C14H10O8S2. The zero-order valence-electron chi connectivity index (χ0n) is 11.8. The molecule has 0 spiro atoms. The van der Waals surface area contributed by atoms with Crippen molar-refractivity contribution in [2.24, 2.45) is 0 Å². The van der Waals surface area contributed by atoms with Crippen LogP contribution >= 0.6 is 0 Å². The van der Waals surface area contributed by atoms with Gasteiger partial charge in [0.1, 0.15) is 22.4 Å². The van der Waals surface area contributed by atoms with E-state index in [9.17, 15) is 35.5 Å². The monoisotopic (exact) mass is 370 g/mol. The van der Waals surface area contributed by atoms with Crippen LogP contribution in [-0.2, 0) is 20.2 Å². The van der Waals surface area contributed by atoms with Gasteiger partial charge in [-0.2, -0.15) is 16.8 Å². The minimum atomic E-state index is -4.80. The van der Waals surface area contributed by atoms with Crippen LogP contribution < -0.4 is 0 Å². The number of benzene rings is 2. The largest absolute Gasteiger partial charge is 0.298 e. The average Bonchev–Trinajstić information content (AvgIpc) is 2.52. The summed E-state index contributed by atoms with van der Waals surface area (Å²) in [6.07, 6.45) is 0.690. The minimum Gasteiger partial charge on any atom is -0.298 e. The summed E-state index contributed by atoms with van der Waals surface area (Å²) in [6, 6.07) is 6.35. The van der Waals surface area contributed by atoms with E-state index in [4.69, 9.17) is 0 Å². The van der Waals surface area contributed by atoms with E-state index in [2.05, 4.69) is 0 Å². The van der Waals surface area contributed by atoms with Gasteiger partial charge < -0.3 is 0 Å². The fourth-order valence-electron chi connectivity index (χ4n) is 2.10. The summed E-state index contributed by atoms with van der Waals surface area (Å²) in [7, 11) is -9.59. The van der Waals surface area contributed by atoms with Crippen molar-refractivity contribution in [2.75, 3.05) is 0 Å². The lowest BCUT2D eigenvalue weighted by atomic mass is 10.0. The van der Waals surface area contributed by atoms with Crippen LogP contribution in [0.15, 0.2) is 46.2 Å². The second-order valence-electron chi connectivity index (χ2n) is 4.70. The van der Waals surface area contributed by atoms with E-state index in [1.165, 1.54) is 12.1 Å². The van der Waals surface area contributed by atoms with E-state index in [1.807, 2.05) is 0 Å². The van der Waals surface area contributed by atoms with Crippen LogP contribution in [0.25, 0.3) is 11.1 Å². The van der Waals surface area contributed by atoms with Gasteiger partial charge in [0.15, 0.2) is 0 Å². The quantitative estimate of drug-likeness (QED) is 0.595. The molecule has 10 heteroatoms. The number of hydrogen-bond acceptors (Lipinski definition) is 6. The normalized spacial score (nSPS) is 11.9. The molecule has 126 valence electrons. The van der Waals surface area contributed by atoms with Gasteiger partial charge in [-0.25, -0.2) is 0 Å². The molecule has 24 heavy (non-hydrogen) atoms. The first-order valence-electron chi connectivity index (χ1n) is 6.21. The molecule has 2 aromatic carbocycles. The summed E-state index contributed by atoms with van der Waals surface area (Å²) in [6.45, 7) is 0. The first-order chi connectivity index (χ1) is 11.1. The fourth-order valence-corrected chi connectivity index (χ4v) is 3.58. The van der Waals surface area contributed by atoms with Crippen LogP contribution in [0.3, 0.4) is 0 Å². The standard InChI is InChI=1S/C14H10O8S2/c15-7-9-1-3-11(13(5-9)23(17,18)19)12-4-2-10(8-16)6-14(12)24(20,21)22/h1-8H,(H,17,18,19)(H,20,21,22). The van der Waals surface area contributed by atoms with Crippen LogP contribution in [0.1, 0.15) is 20.7 Å². The maximum atomic E-state index is 11.6. The first kappa shape index (κ1) is 17.9. The van der Waals surface area contributed by atoms with Gasteiger partial charge in [0.05, 0.1) is 0 Å². The van der Waals surface area contributed by atoms with Gasteiger partial charge in [0, 0.05) is 22.3 Å². The van der Waals surface area contributed by atoms with E-state index in [0.29, 0.717) is 12.6 Å². The third-order valence-corrected chi connectivity index (χ3v) is 4.92. The smallest absolute Gasteiger partial charge is 0.295 e. The van der Waals surface area contributed by atoms with E-state index < -0.39 is 30.0 Å². The van der Waals surface area contributed by atoms with E-state index in [0.717, 1.165) is 24.3 Å². The van der Waals surface area contributed by atoms with Crippen molar-refractivity contribution >= 4 is 32.8 Å². The molecule has 2 rings (SSSR count). The highest BCUT2D eigenvalue weighted by Crippen LogP contribution is 2.33. The number of carbonyl (C=O) groups excluding carboxylic acids is 2. The van der Waals surface area contributed by atoms with Gasteiger partial charge in [0.25, 0.3) is 20.2 Å². The Hall–Kier alpha value is -2.40. The van der Waals surface area contributed by atoms with Gasteiger partial charge in [-0.15, -0.1) is 0 Å². The fraction of sp³-hybridized carbons (Fsp3) is 0. The predicted octanol–water partition coefficient (Wildman–Crippen LogP) is 1.47. The number of aldehydes is 2. The zero-order chi connectivity index (χ0) is 18.1.